The number of nitrogens with zero attached hydrogens (tertiary/aromatic N) is 1. The number of hydrogen-bond acceptors (Lipinski definition) is 4. The molecule has 0 aliphatic carbocycles. The van der Waals surface area contributed by atoms with Gasteiger partial charge in [-0.15, -0.1) is 3.89 Å². The van der Waals surface area contributed by atoms with E-state index in [1.54, 1.807) is 24.3 Å². The number of nitro groups is 1. The van der Waals surface area contributed by atoms with Crippen LogP contribution in [0.2, 0.25) is 0 Å². The summed E-state index contributed by atoms with van der Waals surface area (Å²) in [6, 6.07) is 11.2. The van der Waals surface area contributed by atoms with E-state index in [1.165, 1.54) is 36.4 Å². The van der Waals surface area contributed by atoms with Crippen LogP contribution in [0, 0.1) is 10.1 Å². The predicted molar refractivity (Wildman–Crippen MR) is 76.8 cm³/mol. The number of nitro benzene ring substituents is 1. The monoisotopic (exact) mass is 307 g/mol. The minimum atomic E-state index is -4.69. The minimum absolute atomic E-state index is 0.00431. The fraction of sp³-hybridized carbons (Fsp3) is 0. The molecule has 2 aromatic rings. The van der Waals surface area contributed by atoms with Crippen LogP contribution in [0.15, 0.2) is 53.4 Å². The first-order valence-electron chi connectivity index (χ1n) is 5.83. The zero-order chi connectivity index (χ0) is 15.5. The molecule has 0 heterocycles. The molecule has 0 spiro atoms. The van der Waals surface area contributed by atoms with Crippen molar-refractivity contribution in [2.24, 2.45) is 0 Å². The number of halogens is 1. The third-order valence-electron chi connectivity index (χ3n) is 2.73. The summed E-state index contributed by atoms with van der Waals surface area (Å²) in [6.07, 6.45) is 3.40. The van der Waals surface area contributed by atoms with Crippen LogP contribution in [0.25, 0.3) is 12.2 Å². The molecule has 108 valence electrons. The molecule has 0 aliphatic heterocycles. The van der Waals surface area contributed by atoms with Crippen molar-refractivity contribution in [2.45, 2.75) is 4.90 Å². The summed E-state index contributed by atoms with van der Waals surface area (Å²) >= 11 is 0. The Morgan fingerprint density at radius 2 is 1.33 bits per heavy atom. The Balaban J connectivity index is 2.15. The summed E-state index contributed by atoms with van der Waals surface area (Å²) in [5.74, 6) is 0. The van der Waals surface area contributed by atoms with Crippen LogP contribution in [0.4, 0.5) is 9.57 Å². The Morgan fingerprint density at radius 1 is 0.905 bits per heavy atom. The SMILES string of the molecule is O=[N+]([O-])c1ccc(/C=C/c2ccc(S(=O)(=O)F)cc2)cc1. The number of non-ortho nitro benzene ring substituents is 1. The second-order valence-electron chi connectivity index (χ2n) is 4.19. The Kier molecular flexibility index (Phi) is 4.13. The van der Waals surface area contributed by atoms with E-state index >= 15 is 0 Å². The van der Waals surface area contributed by atoms with Gasteiger partial charge >= 0.3 is 10.2 Å². The van der Waals surface area contributed by atoms with Crippen molar-refractivity contribution in [1.29, 1.82) is 0 Å². The maximum atomic E-state index is 12.7. The lowest BCUT2D eigenvalue weighted by Crippen LogP contribution is -1.90. The maximum Gasteiger partial charge on any atom is 0.332 e. The van der Waals surface area contributed by atoms with Gasteiger partial charge in [-0.05, 0) is 35.4 Å². The Morgan fingerprint density at radius 3 is 1.71 bits per heavy atom. The van der Waals surface area contributed by atoms with Crippen LogP contribution in [-0.2, 0) is 10.2 Å². The molecule has 0 radical (unpaired) electrons. The maximum absolute atomic E-state index is 12.7. The molecule has 7 heteroatoms. The van der Waals surface area contributed by atoms with Crippen molar-refractivity contribution in [1.82, 2.24) is 0 Å². The van der Waals surface area contributed by atoms with Crippen LogP contribution in [-0.4, -0.2) is 13.3 Å². The molecule has 21 heavy (non-hydrogen) atoms. The van der Waals surface area contributed by atoms with Gasteiger partial charge in [0.15, 0.2) is 0 Å². The molecule has 0 aliphatic rings. The van der Waals surface area contributed by atoms with E-state index in [1.807, 2.05) is 0 Å². The second kappa shape index (κ2) is 5.84. The third kappa shape index (κ3) is 3.96. The summed E-state index contributed by atoms with van der Waals surface area (Å²) in [4.78, 5) is 9.64. The quantitative estimate of drug-likeness (QED) is 0.375. The molecule has 0 aromatic heterocycles. The molecule has 2 rings (SSSR count). The lowest BCUT2D eigenvalue weighted by Gasteiger charge is -1.97. The lowest BCUT2D eigenvalue weighted by atomic mass is 10.1. The minimum Gasteiger partial charge on any atom is -0.258 e. The van der Waals surface area contributed by atoms with Crippen molar-refractivity contribution in [3.63, 3.8) is 0 Å². The average molecular weight is 307 g/mol. The summed E-state index contributed by atoms with van der Waals surface area (Å²) < 4.78 is 34.0. The molecule has 0 bridgehead atoms. The van der Waals surface area contributed by atoms with Gasteiger partial charge in [0.2, 0.25) is 0 Å². The second-order valence-corrected chi connectivity index (χ2v) is 5.54. The van der Waals surface area contributed by atoms with Crippen LogP contribution in [0.3, 0.4) is 0 Å². The average Bonchev–Trinajstić information content (AvgIpc) is 2.45. The van der Waals surface area contributed by atoms with Crippen LogP contribution < -0.4 is 0 Å². The first kappa shape index (κ1) is 14.9. The Bertz CT molecular complexity index is 781. The summed E-state index contributed by atoms with van der Waals surface area (Å²) in [7, 11) is -4.69. The van der Waals surface area contributed by atoms with Gasteiger partial charge in [-0.25, -0.2) is 0 Å². The highest BCUT2D eigenvalue weighted by atomic mass is 32.3. The molecule has 0 fully saturated rings. The zero-order valence-electron chi connectivity index (χ0n) is 10.6. The molecule has 5 nitrogen and oxygen atoms in total. The van der Waals surface area contributed by atoms with Crippen molar-refractivity contribution < 1.29 is 17.2 Å². The van der Waals surface area contributed by atoms with Gasteiger partial charge in [0, 0.05) is 12.1 Å². The van der Waals surface area contributed by atoms with Crippen LogP contribution in [0.5, 0.6) is 0 Å². The van der Waals surface area contributed by atoms with Crippen molar-refractivity contribution >= 4 is 28.1 Å². The Labute approximate surface area is 120 Å². The van der Waals surface area contributed by atoms with E-state index in [-0.39, 0.29) is 5.69 Å². The smallest absolute Gasteiger partial charge is 0.258 e. The van der Waals surface area contributed by atoms with Gasteiger partial charge in [-0.1, -0.05) is 24.3 Å². The molecular weight excluding hydrogens is 297 g/mol. The van der Waals surface area contributed by atoms with Gasteiger partial charge < -0.3 is 0 Å². The summed E-state index contributed by atoms with van der Waals surface area (Å²) in [6.45, 7) is 0. The lowest BCUT2D eigenvalue weighted by molar-refractivity contribution is -0.384. The van der Waals surface area contributed by atoms with Crippen molar-refractivity contribution in [3.8, 4) is 0 Å². The highest BCUT2D eigenvalue weighted by Gasteiger charge is 2.10. The first-order chi connectivity index (χ1) is 9.86. The molecule has 0 amide bonds. The van der Waals surface area contributed by atoms with E-state index in [4.69, 9.17) is 0 Å². The Hall–Kier alpha value is -2.54. The van der Waals surface area contributed by atoms with Gasteiger partial charge in [-0.2, -0.15) is 8.42 Å². The highest BCUT2D eigenvalue weighted by Crippen LogP contribution is 2.16. The third-order valence-corrected chi connectivity index (χ3v) is 3.57. The zero-order valence-corrected chi connectivity index (χ0v) is 11.5. The van der Waals surface area contributed by atoms with Crippen molar-refractivity contribution in [3.05, 3.63) is 69.8 Å². The van der Waals surface area contributed by atoms with E-state index in [2.05, 4.69) is 0 Å². The van der Waals surface area contributed by atoms with E-state index in [0.717, 1.165) is 5.56 Å². The predicted octanol–water partition coefficient (Wildman–Crippen LogP) is 3.42. The van der Waals surface area contributed by atoms with Crippen molar-refractivity contribution in [2.75, 3.05) is 0 Å². The molecule has 0 N–H and O–H groups in total. The standard InChI is InChI=1S/C14H10FNO4S/c15-21(19,20)14-9-5-12(6-10-14)2-1-11-3-7-13(8-4-11)16(17)18/h1-10H/b2-1+. The summed E-state index contributed by atoms with van der Waals surface area (Å²) in [5, 5.41) is 10.5. The van der Waals surface area contributed by atoms with Crippen LogP contribution in [0.1, 0.15) is 11.1 Å². The molecule has 2 aromatic carbocycles. The molecule has 0 saturated carbocycles. The van der Waals surface area contributed by atoms with E-state index < -0.39 is 20.0 Å². The molecule has 0 atom stereocenters. The van der Waals surface area contributed by atoms with Gasteiger partial charge in [0.1, 0.15) is 0 Å². The number of benzene rings is 2. The fourth-order valence-corrected chi connectivity index (χ4v) is 2.10. The topological polar surface area (TPSA) is 77.3 Å². The molecular formula is C14H10FNO4S. The molecule has 0 unspecified atom stereocenters. The van der Waals surface area contributed by atoms with Crippen LogP contribution >= 0.6 is 0 Å². The van der Waals surface area contributed by atoms with E-state index in [0.29, 0.717) is 5.56 Å². The van der Waals surface area contributed by atoms with E-state index in [9.17, 15) is 22.4 Å². The largest absolute Gasteiger partial charge is 0.332 e. The summed E-state index contributed by atoms with van der Waals surface area (Å²) in [5.41, 5.74) is 1.44. The van der Waals surface area contributed by atoms with Gasteiger partial charge in [-0.3, -0.25) is 10.1 Å². The van der Waals surface area contributed by atoms with Gasteiger partial charge in [0.25, 0.3) is 5.69 Å². The normalized spacial score (nSPS) is 11.7. The number of rotatable bonds is 4. The van der Waals surface area contributed by atoms with Gasteiger partial charge in [0.05, 0.1) is 9.82 Å². The fourth-order valence-electron chi connectivity index (χ4n) is 1.64. The first-order valence-corrected chi connectivity index (χ1v) is 7.22. The number of hydrogen-bond donors (Lipinski definition) is 0. The molecule has 0 saturated heterocycles. The highest BCUT2D eigenvalue weighted by molar-refractivity contribution is 7.86.